The second kappa shape index (κ2) is 5.29. The van der Waals surface area contributed by atoms with Gasteiger partial charge >= 0.3 is 0 Å². The predicted octanol–water partition coefficient (Wildman–Crippen LogP) is 3.19. The summed E-state index contributed by atoms with van der Waals surface area (Å²) in [5, 5.41) is 3.34. The molecule has 1 fully saturated rings. The first kappa shape index (κ1) is 12.7. The molecule has 0 aliphatic carbocycles. The van der Waals surface area contributed by atoms with Crippen LogP contribution in [0.3, 0.4) is 0 Å². The highest BCUT2D eigenvalue weighted by atomic mass is 35.5. The molecule has 0 spiro atoms. The summed E-state index contributed by atoms with van der Waals surface area (Å²) in [5.74, 6) is -1.72. The summed E-state index contributed by atoms with van der Waals surface area (Å²) in [5.41, 5.74) is 0.387. The normalized spacial score (nSPS) is 19.9. The molecule has 1 heterocycles. The van der Waals surface area contributed by atoms with E-state index in [1.165, 1.54) is 13.2 Å². The molecule has 2 nitrogen and oxygen atoms in total. The number of nitrogens with one attached hydrogen (secondary N) is 1. The van der Waals surface area contributed by atoms with E-state index in [0.29, 0.717) is 5.56 Å². The van der Waals surface area contributed by atoms with Crippen LogP contribution in [0.4, 0.5) is 8.78 Å². The third kappa shape index (κ3) is 2.44. The minimum Gasteiger partial charge on any atom is -0.380 e. The number of methoxy groups -OCH3 is 1. The van der Waals surface area contributed by atoms with Gasteiger partial charge in [0.15, 0.2) is 11.6 Å². The van der Waals surface area contributed by atoms with Gasteiger partial charge in [-0.15, -0.1) is 0 Å². The van der Waals surface area contributed by atoms with E-state index in [4.69, 9.17) is 16.3 Å². The summed E-state index contributed by atoms with van der Waals surface area (Å²) in [6, 6.07) is 1.36. The van der Waals surface area contributed by atoms with E-state index in [1.807, 2.05) is 0 Å². The molecule has 1 aromatic carbocycles. The fourth-order valence-corrected chi connectivity index (χ4v) is 2.39. The first-order valence-electron chi connectivity index (χ1n) is 5.53. The Morgan fingerprint density at radius 1 is 1.47 bits per heavy atom. The lowest BCUT2D eigenvalue weighted by molar-refractivity contribution is 0.180. The molecule has 0 saturated carbocycles. The molecule has 1 N–H and O–H groups in total. The van der Waals surface area contributed by atoms with Crippen molar-refractivity contribution in [3.63, 3.8) is 0 Å². The maximum atomic E-state index is 13.9. The number of rotatable bonds is 3. The van der Waals surface area contributed by atoms with Gasteiger partial charge in [0.05, 0.1) is 6.61 Å². The van der Waals surface area contributed by atoms with Crippen molar-refractivity contribution in [2.45, 2.75) is 25.5 Å². The lowest BCUT2D eigenvalue weighted by Gasteiger charge is -2.15. The van der Waals surface area contributed by atoms with Crippen molar-refractivity contribution >= 4 is 11.6 Å². The highest BCUT2D eigenvalue weighted by Gasteiger charge is 2.24. The zero-order chi connectivity index (χ0) is 12.4. The van der Waals surface area contributed by atoms with E-state index >= 15 is 0 Å². The lowest BCUT2D eigenvalue weighted by atomic mass is 10.0. The minimum atomic E-state index is -0.900. The van der Waals surface area contributed by atoms with Gasteiger partial charge in [0, 0.05) is 29.3 Å². The van der Waals surface area contributed by atoms with E-state index < -0.39 is 11.6 Å². The van der Waals surface area contributed by atoms with Crippen molar-refractivity contribution in [1.82, 2.24) is 5.32 Å². The summed E-state index contributed by atoms with van der Waals surface area (Å²) in [6.45, 7) is 0.795. The van der Waals surface area contributed by atoms with Crippen LogP contribution in [0.15, 0.2) is 6.07 Å². The van der Waals surface area contributed by atoms with Gasteiger partial charge in [-0.05, 0) is 25.5 Å². The first-order chi connectivity index (χ1) is 8.15. The fourth-order valence-electron chi connectivity index (χ4n) is 2.13. The summed E-state index contributed by atoms with van der Waals surface area (Å²) >= 11 is 5.95. The van der Waals surface area contributed by atoms with Crippen molar-refractivity contribution in [2.24, 2.45) is 0 Å². The molecule has 94 valence electrons. The lowest BCUT2D eigenvalue weighted by Crippen LogP contribution is -2.16. The Labute approximate surface area is 104 Å². The van der Waals surface area contributed by atoms with Crippen LogP contribution in [-0.2, 0) is 11.3 Å². The molecule has 1 atom stereocenters. The Bertz CT molecular complexity index is 419. The minimum absolute atomic E-state index is 0.0278. The highest BCUT2D eigenvalue weighted by Crippen LogP contribution is 2.32. The van der Waals surface area contributed by atoms with Gasteiger partial charge in [-0.3, -0.25) is 0 Å². The van der Waals surface area contributed by atoms with Gasteiger partial charge in [0.2, 0.25) is 0 Å². The zero-order valence-corrected chi connectivity index (χ0v) is 10.3. The molecule has 5 heteroatoms. The van der Waals surface area contributed by atoms with Crippen molar-refractivity contribution < 1.29 is 13.5 Å². The van der Waals surface area contributed by atoms with Crippen LogP contribution in [-0.4, -0.2) is 13.7 Å². The van der Waals surface area contributed by atoms with E-state index in [-0.39, 0.29) is 23.2 Å². The molecule has 0 amide bonds. The van der Waals surface area contributed by atoms with Crippen LogP contribution in [0.1, 0.15) is 30.0 Å². The molecule has 1 aromatic rings. The van der Waals surface area contributed by atoms with Crippen molar-refractivity contribution in [3.05, 3.63) is 33.9 Å². The summed E-state index contributed by atoms with van der Waals surface area (Å²) < 4.78 is 32.5. The van der Waals surface area contributed by atoms with Crippen molar-refractivity contribution in [3.8, 4) is 0 Å². The van der Waals surface area contributed by atoms with Crippen LogP contribution >= 0.6 is 11.6 Å². The monoisotopic (exact) mass is 261 g/mol. The molecule has 17 heavy (non-hydrogen) atoms. The summed E-state index contributed by atoms with van der Waals surface area (Å²) in [6.07, 6.45) is 1.76. The predicted molar refractivity (Wildman–Crippen MR) is 62.1 cm³/mol. The van der Waals surface area contributed by atoms with Crippen LogP contribution in [0.25, 0.3) is 0 Å². The van der Waals surface area contributed by atoms with Gasteiger partial charge in [-0.2, -0.15) is 0 Å². The summed E-state index contributed by atoms with van der Waals surface area (Å²) in [7, 11) is 1.42. The van der Waals surface area contributed by atoms with Gasteiger partial charge in [-0.1, -0.05) is 11.6 Å². The number of benzene rings is 1. The Kier molecular flexibility index (Phi) is 3.97. The number of halogens is 3. The molecule has 0 aromatic heterocycles. The van der Waals surface area contributed by atoms with Gasteiger partial charge in [0.25, 0.3) is 0 Å². The maximum Gasteiger partial charge on any atom is 0.166 e. The van der Waals surface area contributed by atoms with E-state index in [1.54, 1.807) is 0 Å². The molecule has 1 aliphatic rings. The molecular formula is C12H14ClF2NO. The number of hydrogen-bond acceptors (Lipinski definition) is 2. The third-order valence-corrected chi connectivity index (χ3v) is 3.34. The Balaban J connectivity index is 2.41. The fraction of sp³-hybridized carbons (Fsp3) is 0.500. The quantitative estimate of drug-likeness (QED) is 0.844. The molecular weight excluding hydrogens is 248 g/mol. The van der Waals surface area contributed by atoms with E-state index in [2.05, 4.69) is 5.32 Å². The maximum absolute atomic E-state index is 13.9. The SMILES string of the molecule is COCc1c(Cl)cc(C2CCCN2)c(F)c1F. The number of hydrogen-bond donors (Lipinski definition) is 1. The van der Waals surface area contributed by atoms with Crippen LogP contribution in [0.5, 0.6) is 0 Å². The van der Waals surface area contributed by atoms with Gasteiger partial charge < -0.3 is 10.1 Å². The largest absolute Gasteiger partial charge is 0.380 e. The average molecular weight is 262 g/mol. The second-order valence-corrected chi connectivity index (χ2v) is 4.54. The van der Waals surface area contributed by atoms with Gasteiger partial charge in [-0.25, -0.2) is 8.78 Å². The van der Waals surface area contributed by atoms with Crippen molar-refractivity contribution in [2.75, 3.05) is 13.7 Å². The van der Waals surface area contributed by atoms with Crippen LogP contribution < -0.4 is 5.32 Å². The molecule has 1 saturated heterocycles. The standard InChI is InChI=1S/C12H14ClF2NO/c1-17-6-8-9(13)5-7(11(14)12(8)15)10-3-2-4-16-10/h5,10,16H,2-4,6H2,1H3. The summed E-state index contributed by atoms with van der Waals surface area (Å²) in [4.78, 5) is 0. The van der Waals surface area contributed by atoms with Crippen LogP contribution in [0, 0.1) is 11.6 Å². The van der Waals surface area contributed by atoms with Crippen LogP contribution in [0.2, 0.25) is 5.02 Å². The average Bonchev–Trinajstić information content (AvgIpc) is 2.83. The first-order valence-corrected chi connectivity index (χ1v) is 5.91. The second-order valence-electron chi connectivity index (χ2n) is 4.14. The topological polar surface area (TPSA) is 21.3 Å². The number of ether oxygens (including phenoxy) is 1. The van der Waals surface area contributed by atoms with E-state index in [0.717, 1.165) is 19.4 Å². The van der Waals surface area contributed by atoms with Gasteiger partial charge in [0.1, 0.15) is 0 Å². The smallest absolute Gasteiger partial charge is 0.166 e. The zero-order valence-electron chi connectivity index (χ0n) is 9.53. The molecule has 1 unspecified atom stereocenters. The Hall–Kier alpha value is -0.710. The third-order valence-electron chi connectivity index (χ3n) is 3.01. The molecule has 2 rings (SSSR count). The Morgan fingerprint density at radius 2 is 2.24 bits per heavy atom. The van der Waals surface area contributed by atoms with E-state index in [9.17, 15) is 8.78 Å². The highest BCUT2D eigenvalue weighted by molar-refractivity contribution is 6.31. The molecule has 0 bridgehead atoms. The molecule has 1 aliphatic heterocycles. The Morgan fingerprint density at radius 3 is 2.82 bits per heavy atom. The van der Waals surface area contributed by atoms with Crippen molar-refractivity contribution in [1.29, 1.82) is 0 Å². The molecule has 0 radical (unpaired) electrons.